The molecule has 0 bridgehead atoms. The maximum Gasteiger partial charge on any atom is 0.282 e. The van der Waals surface area contributed by atoms with Gasteiger partial charge in [-0.15, -0.1) is 0 Å². The molecule has 0 aliphatic carbocycles. The van der Waals surface area contributed by atoms with Gasteiger partial charge in [-0.05, 0) is 54.8 Å². The summed E-state index contributed by atoms with van der Waals surface area (Å²) in [6, 6.07) is 12.9. The van der Waals surface area contributed by atoms with E-state index in [0.29, 0.717) is 54.6 Å². The van der Waals surface area contributed by atoms with Crippen molar-refractivity contribution in [3.8, 4) is 5.75 Å². The first-order chi connectivity index (χ1) is 14.0. The predicted octanol–water partition coefficient (Wildman–Crippen LogP) is 2.93. The molecule has 2 aliphatic heterocycles. The Morgan fingerprint density at radius 2 is 1.59 bits per heavy atom. The molecule has 6 heteroatoms. The molecule has 6 nitrogen and oxygen atoms in total. The van der Waals surface area contributed by atoms with Crippen LogP contribution in [-0.2, 0) is 14.3 Å². The highest BCUT2D eigenvalue weighted by Gasteiger charge is 2.42. The van der Waals surface area contributed by atoms with E-state index in [-0.39, 0.29) is 11.8 Å². The van der Waals surface area contributed by atoms with Gasteiger partial charge in [-0.2, -0.15) is 0 Å². The molecule has 4 rings (SSSR count). The third-order valence-corrected chi connectivity index (χ3v) is 5.51. The largest absolute Gasteiger partial charge is 0.497 e. The molecule has 0 aromatic heterocycles. The number of benzene rings is 2. The molecular weight excluding hydrogens is 368 g/mol. The second-order valence-electron chi connectivity index (χ2n) is 7.27. The predicted molar refractivity (Wildman–Crippen MR) is 111 cm³/mol. The van der Waals surface area contributed by atoms with Gasteiger partial charge in [-0.3, -0.25) is 9.59 Å². The second kappa shape index (κ2) is 7.72. The Morgan fingerprint density at radius 1 is 0.897 bits per heavy atom. The van der Waals surface area contributed by atoms with Crippen molar-refractivity contribution >= 4 is 23.1 Å². The topological polar surface area (TPSA) is 59.1 Å². The molecule has 0 spiro atoms. The van der Waals surface area contributed by atoms with E-state index in [9.17, 15) is 9.59 Å². The molecule has 0 radical (unpaired) electrons. The lowest BCUT2D eigenvalue weighted by Gasteiger charge is -2.29. The second-order valence-corrected chi connectivity index (χ2v) is 7.27. The van der Waals surface area contributed by atoms with Gasteiger partial charge < -0.3 is 14.4 Å². The zero-order chi connectivity index (χ0) is 20.5. The van der Waals surface area contributed by atoms with Gasteiger partial charge in [-0.1, -0.05) is 18.2 Å². The number of amides is 2. The molecule has 2 aromatic rings. The quantitative estimate of drug-likeness (QED) is 0.749. The van der Waals surface area contributed by atoms with Gasteiger partial charge in [0.1, 0.15) is 11.4 Å². The van der Waals surface area contributed by atoms with Crippen LogP contribution >= 0.6 is 0 Å². The van der Waals surface area contributed by atoms with Gasteiger partial charge in [0.15, 0.2) is 0 Å². The summed E-state index contributed by atoms with van der Waals surface area (Å²) in [6.45, 7) is 6.20. The fourth-order valence-corrected chi connectivity index (χ4v) is 3.72. The van der Waals surface area contributed by atoms with Crippen LogP contribution in [0.5, 0.6) is 5.75 Å². The molecule has 0 atom stereocenters. The van der Waals surface area contributed by atoms with Crippen molar-refractivity contribution in [2.24, 2.45) is 0 Å². The van der Waals surface area contributed by atoms with Gasteiger partial charge in [-0.25, -0.2) is 4.90 Å². The molecule has 2 amide bonds. The van der Waals surface area contributed by atoms with Gasteiger partial charge in [0.2, 0.25) is 0 Å². The van der Waals surface area contributed by atoms with Crippen LogP contribution in [0.3, 0.4) is 0 Å². The number of rotatable bonds is 4. The van der Waals surface area contributed by atoms with Gasteiger partial charge >= 0.3 is 0 Å². The average Bonchev–Trinajstić information content (AvgIpc) is 3.01. The molecule has 0 N–H and O–H groups in total. The lowest BCUT2D eigenvalue weighted by Crippen LogP contribution is -2.40. The smallest absolute Gasteiger partial charge is 0.282 e. The van der Waals surface area contributed by atoms with E-state index in [1.807, 2.05) is 49.1 Å². The van der Waals surface area contributed by atoms with Crippen molar-refractivity contribution in [2.75, 3.05) is 38.3 Å². The molecule has 0 saturated carbocycles. The maximum absolute atomic E-state index is 13.5. The van der Waals surface area contributed by atoms with E-state index in [1.54, 1.807) is 19.2 Å². The van der Waals surface area contributed by atoms with Crippen molar-refractivity contribution in [2.45, 2.75) is 13.8 Å². The van der Waals surface area contributed by atoms with Crippen molar-refractivity contribution in [3.05, 3.63) is 64.9 Å². The zero-order valence-electron chi connectivity index (χ0n) is 16.9. The van der Waals surface area contributed by atoms with Crippen LogP contribution in [0.15, 0.2) is 48.2 Å². The molecule has 29 heavy (non-hydrogen) atoms. The summed E-state index contributed by atoms with van der Waals surface area (Å²) < 4.78 is 10.7. The summed E-state index contributed by atoms with van der Waals surface area (Å²) in [6.07, 6.45) is 0. The lowest BCUT2D eigenvalue weighted by atomic mass is 10.0. The van der Waals surface area contributed by atoms with Crippen LogP contribution in [0, 0.1) is 13.8 Å². The average molecular weight is 392 g/mol. The van der Waals surface area contributed by atoms with Crippen LogP contribution in [0.2, 0.25) is 0 Å². The van der Waals surface area contributed by atoms with E-state index in [0.717, 1.165) is 11.1 Å². The minimum absolute atomic E-state index is 0.286. The van der Waals surface area contributed by atoms with Gasteiger partial charge in [0, 0.05) is 13.1 Å². The molecule has 2 heterocycles. The number of anilines is 1. The van der Waals surface area contributed by atoms with Crippen molar-refractivity contribution in [1.82, 2.24) is 4.90 Å². The Kier molecular flexibility index (Phi) is 5.11. The molecule has 2 aliphatic rings. The maximum atomic E-state index is 13.5. The number of ether oxygens (including phenoxy) is 2. The highest BCUT2D eigenvalue weighted by atomic mass is 16.5. The summed E-state index contributed by atoms with van der Waals surface area (Å²) >= 11 is 0. The number of nitrogens with zero attached hydrogens (tertiary/aromatic N) is 2. The van der Waals surface area contributed by atoms with E-state index < -0.39 is 0 Å². The zero-order valence-corrected chi connectivity index (χ0v) is 16.9. The summed E-state index contributed by atoms with van der Waals surface area (Å²) in [4.78, 5) is 30.2. The molecular formula is C23H24N2O4. The molecule has 1 saturated heterocycles. The Bertz CT molecular complexity index is 988. The fourth-order valence-electron chi connectivity index (χ4n) is 3.72. The highest BCUT2D eigenvalue weighted by Crippen LogP contribution is 2.36. The van der Waals surface area contributed by atoms with Crippen molar-refractivity contribution in [1.29, 1.82) is 0 Å². The number of morpholine rings is 1. The Balaban J connectivity index is 1.81. The van der Waals surface area contributed by atoms with E-state index in [4.69, 9.17) is 9.47 Å². The summed E-state index contributed by atoms with van der Waals surface area (Å²) in [5.74, 6) is 0.112. The SMILES string of the molecule is COc1ccc(C2=C(N3CCOCC3)C(=O)N(c3ccc(C)c(C)c3)C2=O)cc1. The first-order valence-corrected chi connectivity index (χ1v) is 9.68. The van der Waals surface area contributed by atoms with Crippen LogP contribution < -0.4 is 9.64 Å². The molecule has 1 fully saturated rings. The number of methoxy groups -OCH3 is 1. The standard InChI is InChI=1S/C23H24N2O4/c1-15-4-7-18(14-16(15)2)25-22(26)20(17-5-8-19(28-3)9-6-17)21(23(25)27)24-10-12-29-13-11-24/h4-9,14H,10-13H2,1-3H3. The van der Waals surface area contributed by atoms with Crippen LogP contribution in [-0.4, -0.2) is 50.1 Å². The minimum atomic E-state index is -0.301. The number of hydrogen-bond donors (Lipinski definition) is 0. The van der Waals surface area contributed by atoms with Crippen molar-refractivity contribution in [3.63, 3.8) is 0 Å². The number of imide groups is 1. The number of aryl methyl sites for hydroxylation is 2. The minimum Gasteiger partial charge on any atom is -0.497 e. The first-order valence-electron chi connectivity index (χ1n) is 9.68. The summed E-state index contributed by atoms with van der Waals surface area (Å²) in [7, 11) is 1.60. The molecule has 150 valence electrons. The van der Waals surface area contributed by atoms with E-state index >= 15 is 0 Å². The Labute approximate surface area is 170 Å². The number of carbonyl (C=O) groups excluding carboxylic acids is 2. The van der Waals surface area contributed by atoms with E-state index in [1.165, 1.54) is 4.90 Å². The van der Waals surface area contributed by atoms with Crippen molar-refractivity contribution < 1.29 is 19.1 Å². The first kappa shape index (κ1) is 19.2. The Morgan fingerprint density at radius 3 is 2.21 bits per heavy atom. The third kappa shape index (κ3) is 3.40. The molecule has 2 aromatic carbocycles. The number of hydrogen-bond acceptors (Lipinski definition) is 5. The van der Waals surface area contributed by atoms with Crippen LogP contribution in [0.1, 0.15) is 16.7 Å². The monoisotopic (exact) mass is 392 g/mol. The fraction of sp³-hybridized carbons (Fsp3) is 0.304. The van der Waals surface area contributed by atoms with Crippen LogP contribution in [0.4, 0.5) is 5.69 Å². The normalized spacial score (nSPS) is 17.3. The summed E-state index contributed by atoms with van der Waals surface area (Å²) in [5.41, 5.74) is 4.33. The van der Waals surface area contributed by atoms with Gasteiger partial charge in [0.25, 0.3) is 11.8 Å². The molecule has 0 unspecified atom stereocenters. The lowest BCUT2D eigenvalue weighted by molar-refractivity contribution is -0.121. The van der Waals surface area contributed by atoms with E-state index in [2.05, 4.69) is 0 Å². The third-order valence-electron chi connectivity index (χ3n) is 5.51. The van der Waals surface area contributed by atoms with Crippen LogP contribution in [0.25, 0.3) is 5.57 Å². The van der Waals surface area contributed by atoms with Gasteiger partial charge in [0.05, 0.1) is 31.6 Å². The number of carbonyl (C=O) groups is 2. The highest BCUT2D eigenvalue weighted by molar-refractivity contribution is 6.45. The Hall–Kier alpha value is -3.12. The summed E-state index contributed by atoms with van der Waals surface area (Å²) in [5, 5.41) is 0.